The van der Waals surface area contributed by atoms with Gasteiger partial charge in [0.15, 0.2) is 5.82 Å². The van der Waals surface area contributed by atoms with E-state index in [4.69, 9.17) is 5.73 Å². The first kappa shape index (κ1) is 9.33. The highest BCUT2D eigenvalue weighted by Gasteiger charge is 2.28. The number of hydrogen-bond donors (Lipinski definition) is 1. The first-order valence-corrected chi connectivity index (χ1v) is 5.40. The molecule has 3 rings (SSSR count). The first-order valence-electron chi connectivity index (χ1n) is 5.40. The van der Waals surface area contributed by atoms with Gasteiger partial charge in [0.05, 0.1) is 6.04 Å². The molecule has 82 valence electrons. The first-order chi connectivity index (χ1) is 7.75. The van der Waals surface area contributed by atoms with Crippen molar-refractivity contribution in [2.45, 2.75) is 25.8 Å². The smallest absolute Gasteiger partial charge is 0.182 e. The fourth-order valence-corrected chi connectivity index (χ4v) is 1.73. The average Bonchev–Trinajstić information content (AvgIpc) is 3.01. The number of rotatable bonds is 2. The summed E-state index contributed by atoms with van der Waals surface area (Å²) in [5.74, 6) is 0.814. The van der Waals surface area contributed by atoms with Crippen LogP contribution in [0.2, 0.25) is 0 Å². The van der Waals surface area contributed by atoms with Gasteiger partial charge in [0.2, 0.25) is 0 Å². The zero-order chi connectivity index (χ0) is 11.1. The Kier molecular flexibility index (Phi) is 1.92. The van der Waals surface area contributed by atoms with Gasteiger partial charge in [-0.3, -0.25) is 0 Å². The predicted octanol–water partition coefficient (Wildman–Crippen LogP) is 1.57. The molecule has 1 heterocycles. The topological polar surface area (TPSA) is 69.6 Å². The number of anilines is 1. The van der Waals surface area contributed by atoms with Gasteiger partial charge in [-0.05, 0) is 41.8 Å². The van der Waals surface area contributed by atoms with E-state index >= 15 is 0 Å². The molecule has 0 atom stereocenters. The van der Waals surface area contributed by atoms with Crippen LogP contribution in [0, 0.1) is 6.92 Å². The fraction of sp³-hybridized carbons (Fsp3) is 0.364. The summed E-state index contributed by atoms with van der Waals surface area (Å²) in [5.41, 5.74) is 8.74. The summed E-state index contributed by atoms with van der Waals surface area (Å²) in [6.07, 6.45) is 2.33. The van der Waals surface area contributed by atoms with E-state index in [1.165, 1.54) is 12.8 Å². The van der Waals surface area contributed by atoms with E-state index in [1.807, 2.05) is 29.8 Å². The van der Waals surface area contributed by atoms with E-state index in [1.54, 1.807) is 0 Å². The van der Waals surface area contributed by atoms with Crippen molar-refractivity contribution < 1.29 is 0 Å². The summed E-state index contributed by atoms with van der Waals surface area (Å²) in [6, 6.07) is 6.42. The van der Waals surface area contributed by atoms with Gasteiger partial charge in [-0.2, -0.15) is 0 Å². The zero-order valence-corrected chi connectivity index (χ0v) is 9.09. The number of aromatic nitrogens is 4. The molecule has 1 aliphatic rings. The Morgan fingerprint density at radius 1 is 1.38 bits per heavy atom. The number of nitrogen functional groups attached to an aromatic ring is 1. The van der Waals surface area contributed by atoms with Crippen molar-refractivity contribution in [1.82, 2.24) is 20.2 Å². The molecule has 1 fully saturated rings. The van der Waals surface area contributed by atoms with Crippen molar-refractivity contribution >= 4 is 5.69 Å². The van der Waals surface area contributed by atoms with Crippen LogP contribution in [0.15, 0.2) is 18.2 Å². The highest BCUT2D eigenvalue weighted by atomic mass is 15.6. The van der Waals surface area contributed by atoms with Gasteiger partial charge >= 0.3 is 0 Å². The van der Waals surface area contributed by atoms with Crippen LogP contribution in [0.5, 0.6) is 0 Å². The van der Waals surface area contributed by atoms with Crippen molar-refractivity contribution in [3.8, 4) is 11.4 Å². The molecule has 16 heavy (non-hydrogen) atoms. The molecule has 1 aromatic carbocycles. The summed E-state index contributed by atoms with van der Waals surface area (Å²) in [5, 5.41) is 11.8. The second kappa shape index (κ2) is 3.30. The summed E-state index contributed by atoms with van der Waals surface area (Å²) in [6.45, 7) is 1.99. The molecule has 2 aromatic rings. The highest BCUT2D eigenvalue weighted by molar-refractivity contribution is 5.63. The molecule has 1 aromatic heterocycles. The Morgan fingerprint density at radius 2 is 2.19 bits per heavy atom. The lowest BCUT2D eigenvalue weighted by Gasteiger charge is -2.05. The minimum absolute atomic E-state index is 0.479. The number of nitrogens with zero attached hydrogens (tertiary/aromatic N) is 4. The summed E-state index contributed by atoms with van der Waals surface area (Å²) in [7, 11) is 0. The van der Waals surface area contributed by atoms with Gasteiger partial charge < -0.3 is 5.73 Å². The molecule has 0 saturated heterocycles. The summed E-state index contributed by atoms with van der Waals surface area (Å²) < 4.78 is 1.89. The monoisotopic (exact) mass is 215 g/mol. The molecular formula is C11H13N5. The van der Waals surface area contributed by atoms with Crippen LogP contribution < -0.4 is 5.73 Å². The molecule has 1 aliphatic carbocycles. The van der Waals surface area contributed by atoms with Crippen molar-refractivity contribution in [3.05, 3.63) is 23.8 Å². The van der Waals surface area contributed by atoms with Crippen LogP contribution >= 0.6 is 0 Å². The van der Waals surface area contributed by atoms with E-state index in [9.17, 15) is 0 Å². The maximum atomic E-state index is 5.89. The van der Waals surface area contributed by atoms with Gasteiger partial charge in [0.1, 0.15) is 0 Å². The molecule has 5 nitrogen and oxygen atoms in total. The van der Waals surface area contributed by atoms with Crippen molar-refractivity contribution in [1.29, 1.82) is 0 Å². The number of nitrogens with two attached hydrogens (primary N) is 1. The molecule has 0 aliphatic heterocycles. The van der Waals surface area contributed by atoms with Crippen LogP contribution in [0.1, 0.15) is 24.4 Å². The Hall–Kier alpha value is -1.91. The SMILES string of the molecule is Cc1ccc(-c2nnnn2C2CC2)cc1N. The molecule has 0 spiro atoms. The molecule has 0 unspecified atom stereocenters. The van der Waals surface area contributed by atoms with E-state index in [2.05, 4.69) is 15.5 Å². The van der Waals surface area contributed by atoms with Crippen molar-refractivity contribution in [3.63, 3.8) is 0 Å². The zero-order valence-electron chi connectivity index (χ0n) is 9.09. The Bertz CT molecular complexity index is 527. The second-order valence-electron chi connectivity index (χ2n) is 4.25. The minimum atomic E-state index is 0.479. The van der Waals surface area contributed by atoms with Crippen LogP contribution in [0.4, 0.5) is 5.69 Å². The summed E-state index contributed by atoms with van der Waals surface area (Å²) in [4.78, 5) is 0. The largest absolute Gasteiger partial charge is 0.398 e. The quantitative estimate of drug-likeness (QED) is 0.772. The van der Waals surface area contributed by atoms with Gasteiger partial charge in [-0.15, -0.1) is 5.10 Å². The van der Waals surface area contributed by atoms with Gasteiger partial charge in [-0.25, -0.2) is 4.68 Å². The predicted molar refractivity (Wildman–Crippen MR) is 60.7 cm³/mol. The number of hydrogen-bond acceptors (Lipinski definition) is 4. The van der Waals surface area contributed by atoms with E-state index in [-0.39, 0.29) is 0 Å². The maximum absolute atomic E-state index is 5.89. The number of aryl methyl sites for hydroxylation is 1. The van der Waals surface area contributed by atoms with Crippen LogP contribution in [0.3, 0.4) is 0 Å². The molecular weight excluding hydrogens is 202 g/mol. The molecule has 5 heteroatoms. The number of benzene rings is 1. The molecule has 1 saturated carbocycles. The van der Waals surface area contributed by atoms with E-state index in [0.29, 0.717) is 6.04 Å². The summed E-state index contributed by atoms with van der Waals surface area (Å²) >= 11 is 0. The molecule has 0 bridgehead atoms. The maximum Gasteiger partial charge on any atom is 0.182 e. The van der Waals surface area contributed by atoms with E-state index in [0.717, 1.165) is 22.6 Å². The van der Waals surface area contributed by atoms with Gasteiger partial charge in [-0.1, -0.05) is 12.1 Å². The van der Waals surface area contributed by atoms with Crippen LogP contribution in [0.25, 0.3) is 11.4 Å². The number of tetrazole rings is 1. The lowest BCUT2D eigenvalue weighted by Crippen LogP contribution is -2.00. The lowest BCUT2D eigenvalue weighted by molar-refractivity contribution is 0.615. The minimum Gasteiger partial charge on any atom is -0.398 e. The Labute approximate surface area is 93.3 Å². The normalized spacial score (nSPS) is 15.3. The van der Waals surface area contributed by atoms with Crippen molar-refractivity contribution in [2.24, 2.45) is 0 Å². The van der Waals surface area contributed by atoms with Crippen LogP contribution in [-0.4, -0.2) is 20.2 Å². The molecule has 0 radical (unpaired) electrons. The third-order valence-corrected chi connectivity index (χ3v) is 2.92. The molecule has 0 amide bonds. The van der Waals surface area contributed by atoms with Crippen LogP contribution in [-0.2, 0) is 0 Å². The second-order valence-corrected chi connectivity index (χ2v) is 4.25. The van der Waals surface area contributed by atoms with Gasteiger partial charge in [0, 0.05) is 11.3 Å². The highest BCUT2D eigenvalue weighted by Crippen LogP contribution is 2.36. The third-order valence-electron chi connectivity index (χ3n) is 2.92. The third kappa shape index (κ3) is 1.44. The van der Waals surface area contributed by atoms with Crippen molar-refractivity contribution in [2.75, 3.05) is 5.73 Å². The molecule has 2 N–H and O–H groups in total. The standard InChI is InChI=1S/C11H13N5/c1-7-2-3-8(6-10(7)12)11-13-14-15-16(11)9-4-5-9/h2-3,6,9H,4-5,12H2,1H3. The average molecular weight is 215 g/mol. The lowest BCUT2D eigenvalue weighted by atomic mass is 10.1. The Morgan fingerprint density at radius 3 is 2.88 bits per heavy atom. The Balaban J connectivity index is 2.07. The fourth-order valence-electron chi connectivity index (χ4n) is 1.73. The van der Waals surface area contributed by atoms with E-state index < -0.39 is 0 Å². The van der Waals surface area contributed by atoms with Gasteiger partial charge in [0.25, 0.3) is 0 Å².